The lowest BCUT2D eigenvalue weighted by atomic mass is 9.95. The number of fused-ring (bicyclic) bond motifs is 10. The zero-order valence-electron chi connectivity index (χ0n) is 26.5. The van der Waals surface area contributed by atoms with Crippen molar-refractivity contribution >= 4 is 71.7 Å². The molecule has 2 heterocycles. The van der Waals surface area contributed by atoms with Gasteiger partial charge in [0.15, 0.2) is 0 Å². The van der Waals surface area contributed by atoms with Gasteiger partial charge in [0.05, 0.1) is 0 Å². The molecule has 0 aliphatic heterocycles. The van der Waals surface area contributed by atoms with E-state index < -0.39 is 0 Å². The number of hydrogen-bond donors (Lipinski definition) is 0. The number of hydrogen-bond acceptors (Lipinski definition) is 3. The van der Waals surface area contributed by atoms with Crippen molar-refractivity contribution < 1.29 is 8.83 Å². The number of para-hydroxylation sites is 2. The Morgan fingerprint density at radius 3 is 1.49 bits per heavy atom. The molecule has 0 saturated carbocycles. The molecule has 3 nitrogen and oxygen atoms in total. The highest BCUT2D eigenvalue weighted by Gasteiger charge is 2.23. The van der Waals surface area contributed by atoms with Crippen LogP contribution in [-0.2, 0) is 0 Å². The van der Waals surface area contributed by atoms with Crippen molar-refractivity contribution in [2.75, 3.05) is 4.90 Å². The van der Waals surface area contributed by atoms with E-state index in [0.29, 0.717) is 0 Å². The van der Waals surface area contributed by atoms with E-state index in [1.54, 1.807) is 0 Å². The molecule has 2 aromatic heterocycles. The maximum atomic E-state index is 6.72. The molecule has 0 unspecified atom stereocenters. The average Bonchev–Trinajstić information content (AvgIpc) is 3.76. The molecule has 0 amide bonds. The maximum Gasteiger partial charge on any atom is 0.144 e. The molecule has 8 aromatic carbocycles. The van der Waals surface area contributed by atoms with Crippen molar-refractivity contribution in [2.24, 2.45) is 0 Å². The van der Waals surface area contributed by atoms with Gasteiger partial charge in [-0.2, -0.15) is 0 Å². The first-order chi connectivity index (χ1) is 24.3. The third kappa shape index (κ3) is 4.37. The number of rotatable bonds is 5. The zero-order chi connectivity index (χ0) is 32.3. The Labute approximate surface area is 282 Å². The van der Waals surface area contributed by atoms with E-state index in [-0.39, 0.29) is 0 Å². The van der Waals surface area contributed by atoms with Crippen LogP contribution in [0.1, 0.15) is 0 Å². The number of benzene rings is 8. The Morgan fingerprint density at radius 1 is 0.306 bits per heavy atom. The molecule has 10 rings (SSSR count). The molecule has 0 saturated heterocycles. The summed E-state index contributed by atoms with van der Waals surface area (Å²) in [6, 6.07) is 61.8. The van der Waals surface area contributed by atoms with Crippen LogP contribution in [0.15, 0.2) is 185 Å². The van der Waals surface area contributed by atoms with Crippen molar-refractivity contribution in [1.29, 1.82) is 0 Å². The first-order valence-corrected chi connectivity index (χ1v) is 16.6. The van der Waals surface area contributed by atoms with Gasteiger partial charge in [0.1, 0.15) is 22.3 Å². The van der Waals surface area contributed by atoms with Gasteiger partial charge in [-0.05, 0) is 70.8 Å². The van der Waals surface area contributed by atoms with E-state index >= 15 is 0 Å². The minimum absolute atomic E-state index is 0.865. The summed E-state index contributed by atoms with van der Waals surface area (Å²) in [5, 5.41) is 6.50. The summed E-state index contributed by atoms with van der Waals surface area (Å²) < 4.78 is 13.3. The predicted octanol–water partition coefficient (Wildman–Crippen LogP) is 13.4. The van der Waals surface area contributed by atoms with E-state index in [1.165, 1.54) is 11.1 Å². The second-order valence-corrected chi connectivity index (χ2v) is 12.5. The van der Waals surface area contributed by atoms with E-state index in [0.717, 1.165) is 82.8 Å². The normalized spacial score (nSPS) is 11.7. The van der Waals surface area contributed by atoms with Crippen LogP contribution in [0, 0.1) is 0 Å². The van der Waals surface area contributed by atoms with Gasteiger partial charge in [0, 0.05) is 49.4 Å². The molecule has 3 heteroatoms. The first kappa shape index (κ1) is 27.5. The molecule has 0 N–H and O–H groups in total. The Kier molecular flexibility index (Phi) is 6.18. The molecule has 230 valence electrons. The highest BCUT2D eigenvalue weighted by atomic mass is 16.3. The Bertz CT molecular complexity index is 2790. The van der Waals surface area contributed by atoms with Crippen LogP contribution in [0.4, 0.5) is 17.1 Å². The minimum Gasteiger partial charge on any atom is -0.455 e. The number of nitrogens with zero attached hydrogens (tertiary/aromatic N) is 1. The zero-order valence-corrected chi connectivity index (χ0v) is 26.5. The molecule has 10 aromatic rings. The SMILES string of the molecule is c1ccc(-c2ccc(N(c3ccccc3)c3ccc(-c4cccc5oc6c7ccccc7c7oc8ccccc8c7c6c45)cc3)cc2)cc1. The van der Waals surface area contributed by atoms with Crippen LogP contribution < -0.4 is 4.90 Å². The van der Waals surface area contributed by atoms with Crippen LogP contribution in [0.2, 0.25) is 0 Å². The quantitative estimate of drug-likeness (QED) is 0.190. The molecule has 0 radical (unpaired) electrons. The largest absolute Gasteiger partial charge is 0.455 e. The van der Waals surface area contributed by atoms with Crippen LogP contribution in [-0.4, -0.2) is 0 Å². The van der Waals surface area contributed by atoms with E-state index in [4.69, 9.17) is 8.83 Å². The summed E-state index contributed by atoms with van der Waals surface area (Å²) >= 11 is 0. The summed E-state index contributed by atoms with van der Waals surface area (Å²) in [6.45, 7) is 0. The van der Waals surface area contributed by atoms with E-state index in [2.05, 4.69) is 169 Å². The number of furan rings is 2. The van der Waals surface area contributed by atoms with Crippen LogP contribution in [0.5, 0.6) is 0 Å². The fraction of sp³-hybridized carbons (Fsp3) is 0. The van der Waals surface area contributed by atoms with Gasteiger partial charge in [-0.15, -0.1) is 0 Å². The van der Waals surface area contributed by atoms with Crippen LogP contribution in [0.25, 0.3) is 76.9 Å². The van der Waals surface area contributed by atoms with Gasteiger partial charge in [0.25, 0.3) is 0 Å². The molecular formula is C46H29NO2. The summed E-state index contributed by atoms with van der Waals surface area (Å²) in [7, 11) is 0. The van der Waals surface area contributed by atoms with Gasteiger partial charge in [0.2, 0.25) is 0 Å². The molecule has 0 atom stereocenters. The lowest BCUT2D eigenvalue weighted by Crippen LogP contribution is -2.09. The van der Waals surface area contributed by atoms with E-state index in [9.17, 15) is 0 Å². The molecule has 0 spiro atoms. The van der Waals surface area contributed by atoms with Crippen molar-refractivity contribution in [3.63, 3.8) is 0 Å². The monoisotopic (exact) mass is 627 g/mol. The fourth-order valence-corrected chi connectivity index (χ4v) is 7.43. The highest BCUT2D eigenvalue weighted by Crippen LogP contribution is 2.47. The van der Waals surface area contributed by atoms with Crippen molar-refractivity contribution in [3.05, 3.63) is 176 Å². The van der Waals surface area contributed by atoms with Crippen molar-refractivity contribution in [3.8, 4) is 22.3 Å². The average molecular weight is 628 g/mol. The number of anilines is 3. The fourth-order valence-electron chi connectivity index (χ4n) is 7.43. The van der Waals surface area contributed by atoms with Gasteiger partial charge in [-0.3, -0.25) is 0 Å². The Hall–Kier alpha value is -6.58. The van der Waals surface area contributed by atoms with Gasteiger partial charge in [-0.25, -0.2) is 0 Å². The lowest BCUT2D eigenvalue weighted by molar-refractivity contribution is 0.668. The molecule has 0 aliphatic rings. The van der Waals surface area contributed by atoms with Crippen molar-refractivity contribution in [2.45, 2.75) is 0 Å². The summed E-state index contributed by atoms with van der Waals surface area (Å²) in [5.74, 6) is 0. The smallest absolute Gasteiger partial charge is 0.144 e. The summed E-state index contributed by atoms with van der Waals surface area (Å²) in [5.41, 5.74) is 11.5. The summed E-state index contributed by atoms with van der Waals surface area (Å²) in [6.07, 6.45) is 0. The molecule has 0 fully saturated rings. The topological polar surface area (TPSA) is 29.5 Å². The van der Waals surface area contributed by atoms with Gasteiger partial charge in [-0.1, -0.05) is 127 Å². The highest BCUT2D eigenvalue weighted by molar-refractivity contribution is 6.35. The third-order valence-electron chi connectivity index (χ3n) is 9.66. The standard InChI is InChI=1S/C46H29NO2/c1-3-12-30(13-4-1)31-22-26-34(27-23-31)47(33-14-5-2-6-15-33)35-28-24-32(25-29-35)36-19-11-21-41-42(36)44-43-39-18-9-10-20-40(39)48-45(43)37-16-7-8-17-38(37)46(44)49-41/h1-29H. The van der Waals surface area contributed by atoms with Gasteiger partial charge < -0.3 is 13.7 Å². The molecule has 0 bridgehead atoms. The second-order valence-electron chi connectivity index (χ2n) is 12.5. The second kappa shape index (κ2) is 11.0. The predicted molar refractivity (Wildman–Crippen MR) is 204 cm³/mol. The molecule has 0 aliphatic carbocycles. The van der Waals surface area contributed by atoms with Crippen LogP contribution in [0.3, 0.4) is 0 Å². The maximum absolute atomic E-state index is 6.72. The lowest BCUT2D eigenvalue weighted by Gasteiger charge is -2.26. The van der Waals surface area contributed by atoms with E-state index in [1.807, 2.05) is 12.1 Å². The first-order valence-electron chi connectivity index (χ1n) is 16.6. The Balaban J connectivity index is 1.15. The van der Waals surface area contributed by atoms with Crippen LogP contribution >= 0.6 is 0 Å². The minimum atomic E-state index is 0.865. The summed E-state index contributed by atoms with van der Waals surface area (Å²) in [4.78, 5) is 2.31. The van der Waals surface area contributed by atoms with Gasteiger partial charge >= 0.3 is 0 Å². The molecular weight excluding hydrogens is 599 g/mol. The molecule has 49 heavy (non-hydrogen) atoms. The Morgan fingerprint density at radius 2 is 0.796 bits per heavy atom. The van der Waals surface area contributed by atoms with Crippen molar-refractivity contribution in [1.82, 2.24) is 0 Å². The third-order valence-corrected chi connectivity index (χ3v) is 9.66.